The quantitative estimate of drug-likeness (QED) is 0.218. The number of carbonyl (C=O) groups excluding carboxylic acids is 1. The van der Waals surface area contributed by atoms with Crippen molar-refractivity contribution in [2.75, 3.05) is 18.2 Å². The van der Waals surface area contributed by atoms with Gasteiger partial charge in [-0.15, -0.1) is 0 Å². The number of carboxylic acid groups (broad SMARTS) is 1. The number of nitrogens with zero attached hydrogens (tertiary/aromatic N) is 3. The first kappa shape index (κ1) is 26.4. The molecule has 0 aliphatic rings. The van der Waals surface area contributed by atoms with E-state index in [1.807, 2.05) is 30.3 Å². The SMILES string of the molecule is COc1ccc(-c2ccc(C#N)c(SCC(=O)Nc3ccc(-c4cc(C(=O)O)c5ccccc5n4)cc3)n2)cc1. The summed E-state index contributed by atoms with van der Waals surface area (Å²) in [6.45, 7) is 0. The highest BCUT2D eigenvalue weighted by atomic mass is 32.2. The van der Waals surface area contributed by atoms with Crippen molar-refractivity contribution in [3.8, 4) is 34.3 Å². The van der Waals surface area contributed by atoms with Gasteiger partial charge in [0.25, 0.3) is 0 Å². The number of carboxylic acids is 1. The van der Waals surface area contributed by atoms with Gasteiger partial charge >= 0.3 is 5.97 Å². The molecule has 0 saturated carbocycles. The van der Waals surface area contributed by atoms with E-state index in [-0.39, 0.29) is 17.2 Å². The maximum absolute atomic E-state index is 12.7. The van der Waals surface area contributed by atoms with Crippen LogP contribution < -0.4 is 10.1 Å². The van der Waals surface area contributed by atoms with Gasteiger partial charge in [0.1, 0.15) is 16.8 Å². The maximum Gasteiger partial charge on any atom is 0.336 e. The Morgan fingerprint density at radius 1 is 0.925 bits per heavy atom. The molecule has 0 aliphatic heterocycles. The molecule has 0 unspecified atom stereocenters. The maximum atomic E-state index is 12.7. The fourth-order valence-electron chi connectivity index (χ4n) is 4.11. The third-order valence-electron chi connectivity index (χ3n) is 6.12. The molecule has 0 bridgehead atoms. The molecule has 0 aliphatic carbocycles. The summed E-state index contributed by atoms with van der Waals surface area (Å²) in [5.41, 5.74) is 4.54. The van der Waals surface area contributed by atoms with Crippen LogP contribution in [0.4, 0.5) is 5.69 Å². The summed E-state index contributed by atoms with van der Waals surface area (Å²) < 4.78 is 5.20. The van der Waals surface area contributed by atoms with E-state index in [4.69, 9.17) is 4.74 Å². The van der Waals surface area contributed by atoms with Crippen LogP contribution in [0, 0.1) is 11.3 Å². The third kappa shape index (κ3) is 5.77. The normalized spacial score (nSPS) is 10.6. The van der Waals surface area contributed by atoms with Crippen molar-refractivity contribution in [3.05, 3.63) is 102 Å². The van der Waals surface area contributed by atoms with Crippen LogP contribution in [0.5, 0.6) is 5.75 Å². The molecule has 2 heterocycles. The number of fused-ring (bicyclic) bond motifs is 1. The molecule has 5 rings (SSSR count). The molecular formula is C31H22N4O4S. The molecule has 2 aromatic heterocycles. The summed E-state index contributed by atoms with van der Waals surface area (Å²) in [4.78, 5) is 33.7. The number of ether oxygens (including phenoxy) is 1. The van der Waals surface area contributed by atoms with E-state index in [0.717, 1.165) is 16.9 Å². The Bertz CT molecular complexity index is 1760. The number of pyridine rings is 2. The topological polar surface area (TPSA) is 125 Å². The number of carbonyl (C=O) groups is 2. The van der Waals surface area contributed by atoms with Crippen molar-refractivity contribution >= 4 is 40.2 Å². The number of rotatable bonds is 8. The molecule has 1 amide bonds. The smallest absolute Gasteiger partial charge is 0.336 e. The molecule has 0 fully saturated rings. The molecule has 2 N–H and O–H groups in total. The number of thioether (sulfide) groups is 1. The zero-order chi connectivity index (χ0) is 28.1. The van der Waals surface area contributed by atoms with E-state index < -0.39 is 5.97 Å². The van der Waals surface area contributed by atoms with E-state index >= 15 is 0 Å². The Hall–Kier alpha value is -5.20. The van der Waals surface area contributed by atoms with Gasteiger partial charge in [0, 0.05) is 22.2 Å². The number of amides is 1. The van der Waals surface area contributed by atoms with Crippen molar-refractivity contribution in [2.24, 2.45) is 0 Å². The Morgan fingerprint density at radius 2 is 1.62 bits per heavy atom. The molecular weight excluding hydrogens is 524 g/mol. The number of benzene rings is 3. The fraction of sp³-hybridized carbons (Fsp3) is 0.0645. The highest BCUT2D eigenvalue weighted by Gasteiger charge is 2.14. The number of aromatic carboxylic acids is 1. The van der Waals surface area contributed by atoms with Gasteiger partial charge in [-0.3, -0.25) is 4.79 Å². The average molecular weight is 547 g/mol. The molecule has 9 heteroatoms. The second-order valence-electron chi connectivity index (χ2n) is 8.68. The number of nitriles is 1. The van der Waals surface area contributed by atoms with Crippen LogP contribution in [-0.4, -0.2) is 39.8 Å². The van der Waals surface area contributed by atoms with Crippen molar-refractivity contribution in [1.82, 2.24) is 9.97 Å². The monoisotopic (exact) mass is 546 g/mol. The predicted octanol–water partition coefficient (Wildman–Crippen LogP) is 6.27. The second-order valence-corrected chi connectivity index (χ2v) is 9.65. The highest BCUT2D eigenvalue weighted by Crippen LogP contribution is 2.28. The van der Waals surface area contributed by atoms with Gasteiger partial charge in [-0.05, 0) is 60.7 Å². The molecule has 0 spiro atoms. The van der Waals surface area contributed by atoms with Gasteiger partial charge in [-0.2, -0.15) is 5.26 Å². The summed E-state index contributed by atoms with van der Waals surface area (Å²) in [5, 5.41) is 23.1. The van der Waals surface area contributed by atoms with E-state index in [2.05, 4.69) is 21.4 Å². The summed E-state index contributed by atoms with van der Waals surface area (Å²) in [6.07, 6.45) is 0. The van der Waals surface area contributed by atoms with Crippen molar-refractivity contribution in [1.29, 1.82) is 5.26 Å². The van der Waals surface area contributed by atoms with Gasteiger partial charge in [0.15, 0.2) is 0 Å². The van der Waals surface area contributed by atoms with Gasteiger partial charge in [0.2, 0.25) is 5.91 Å². The number of aromatic nitrogens is 2. The summed E-state index contributed by atoms with van der Waals surface area (Å²) >= 11 is 1.18. The molecule has 0 saturated heterocycles. The number of methoxy groups -OCH3 is 1. The first-order chi connectivity index (χ1) is 19.4. The van der Waals surface area contributed by atoms with Gasteiger partial charge in [0.05, 0.1) is 40.9 Å². The zero-order valence-corrected chi connectivity index (χ0v) is 22.1. The molecule has 196 valence electrons. The molecule has 3 aromatic carbocycles. The first-order valence-corrected chi connectivity index (χ1v) is 13.2. The lowest BCUT2D eigenvalue weighted by molar-refractivity contribution is -0.113. The fourth-order valence-corrected chi connectivity index (χ4v) is 4.89. The summed E-state index contributed by atoms with van der Waals surface area (Å²) in [7, 11) is 1.60. The first-order valence-electron chi connectivity index (χ1n) is 12.2. The minimum absolute atomic E-state index is 0.0592. The van der Waals surface area contributed by atoms with E-state index in [1.165, 1.54) is 11.8 Å². The predicted molar refractivity (Wildman–Crippen MR) is 154 cm³/mol. The Morgan fingerprint density at radius 3 is 2.33 bits per heavy atom. The highest BCUT2D eigenvalue weighted by molar-refractivity contribution is 8.00. The van der Waals surface area contributed by atoms with Gasteiger partial charge in [-0.25, -0.2) is 14.8 Å². The van der Waals surface area contributed by atoms with Crippen LogP contribution in [0.2, 0.25) is 0 Å². The second kappa shape index (κ2) is 11.7. The lowest BCUT2D eigenvalue weighted by Crippen LogP contribution is -2.14. The lowest BCUT2D eigenvalue weighted by Gasteiger charge is -2.10. The van der Waals surface area contributed by atoms with Crippen LogP contribution in [-0.2, 0) is 4.79 Å². The summed E-state index contributed by atoms with van der Waals surface area (Å²) in [6, 6.07) is 28.7. The van der Waals surface area contributed by atoms with Crippen molar-refractivity contribution in [3.63, 3.8) is 0 Å². The molecule has 8 nitrogen and oxygen atoms in total. The van der Waals surface area contributed by atoms with Crippen molar-refractivity contribution < 1.29 is 19.4 Å². The Balaban J connectivity index is 1.27. The number of para-hydroxylation sites is 1. The van der Waals surface area contributed by atoms with Gasteiger partial charge in [-0.1, -0.05) is 42.1 Å². The van der Waals surface area contributed by atoms with Crippen molar-refractivity contribution in [2.45, 2.75) is 5.03 Å². The van der Waals surface area contributed by atoms with E-state index in [1.54, 1.807) is 67.8 Å². The largest absolute Gasteiger partial charge is 0.497 e. The van der Waals surface area contributed by atoms with E-state index in [0.29, 0.717) is 38.6 Å². The number of anilines is 1. The minimum Gasteiger partial charge on any atom is -0.497 e. The zero-order valence-electron chi connectivity index (χ0n) is 21.3. The van der Waals surface area contributed by atoms with Crippen LogP contribution >= 0.6 is 11.8 Å². The Labute approximate surface area is 234 Å². The lowest BCUT2D eigenvalue weighted by atomic mass is 10.0. The van der Waals surface area contributed by atoms with Crippen LogP contribution in [0.3, 0.4) is 0 Å². The Kier molecular flexibility index (Phi) is 7.71. The standard InChI is InChI=1S/C31H22N4O4S/c1-39-23-13-8-19(9-14-23)26-15-10-21(17-32)30(35-26)40-18-29(36)33-22-11-6-20(7-12-22)28-16-25(31(37)38)24-4-2-3-5-27(24)34-28/h2-16H,18H2,1H3,(H,33,36)(H,37,38). The van der Waals surface area contributed by atoms with Crippen LogP contribution in [0.15, 0.2) is 96.0 Å². The third-order valence-corrected chi connectivity index (χ3v) is 7.11. The molecule has 0 radical (unpaired) electrons. The molecule has 5 aromatic rings. The number of hydrogen-bond acceptors (Lipinski definition) is 7. The summed E-state index contributed by atoms with van der Waals surface area (Å²) in [5.74, 6) is -0.487. The van der Waals surface area contributed by atoms with Gasteiger partial charge < -0.3 is 15.2 Å². The molecule has 40 heavy (non-hydrogen) atoms. The molecule has 0 atom stereocenters. The van der Waals surface area contributed by atoms with E-state index in [9.17, 15) is 20.0 Å². The van der Waals surface area contributed by atoms with Crippen LogP contribution in [0.1, 0.15) is 15.9 Å². The minimum atomic E-state index is -1.02. The average Bonchev–Trinajstić information content (AvgIpc) is 2.99. The number of hydrogen-bond donors (Lipinski definition) is 2. The van der Waals surface area contributed by atoms with Crippen LogP contribution in [0.25, 0.3) is 33.4 Å². The number of nitrogens with one attached hydrogen (secondary N) is 1.